The molecule has 172 valence electrons. The van der Waals surface area contributed by atoms with Crippen LogP contribution in [0.5, 0.6) is 0 Å². The Kier molecular flexibility index (Phi) is 5.39. The number of hydrogen-bond acceptors (Lipinski definition) is 6. The Bertz CT molecular complexity index is 1290. The number of hydrogen-bond donors (Lipinski definition) is 0. The summed E-state index contributed by atoms with van der Waals surface area (Å²) in [7, 11) is 0. The van der Waals surface area contributed by atoms with E-state index < -0.39 is 5.82 Å². The van der Waals surface area contributed by atoms with Crippen molar-refractivity contribution >= 4 is 22.6 Å². The standard InChI is InChI=1S/C24H24ClFN4O3/c25-15-3-4-16(17(26)11-15)20-21-22(24(31)30-7-1-2-19(30)27-21)29-23(28-20)13-6-9-33-18(10-13)14-5-8-32-12-14/h3-4,11,13-14,18H,1-2,5-10,12H2/t13-,14?,18+/m1/s1. The minimum atomic E-state index is -0.496. The molecule has 0 spiro atoms. The quantitative estimate of drug-likeness (QED) is 0.577. The summed E-state index contributed by atoms with van der Waals surface area (Å²) in [6.45, 7) is 2.69. The summed E-state index contributed by atoms with van der Waals surface area (Å²) in [5.41, 5.74) is 1.05. The molecule has 0 N–H and O–H groups in total. The Balaban J connectivity index is 1.51. The maximum Gasteiger partial charge on any atom is 0.280 e. The fourth-order valence-electron chi connectivity index (χ4n) is 5.27. The molecule has 33 heavy (non-hydrogen) atoms. The monoisotopic (exact) mass is 470 g/mol. The summed E-state index contributed by atoms with van der Waals surface area (Å²) in [4.78, 5) is 27.6. The van der Waals surface area contributed by atoms with Crippen LogP contribution in [0.3, 0.4) is 0 Å². The van der Waals surface area contributed by atoms with Gasteiger partial charge in [0.2, 0.25) is 0 Å². The first-order chi connectivity index (χ1) is 16.1. The van der Waals surface area contributed by atoms with Gasteiger partial charge in [0.15, 0.2) is 5.52 Å². The number of aryl methyl sites for hydroxylation is 1. The van der Waals surface area contributed by atoms with Crippen LogP contribution in [0.4, 0.5) is 4.39 Å². The minimum Gasteiger partial charge on any atom is -0.381 e. The molecular formula is C24H24ClFN4O3. The Morgan fingerprint density at radius 1 is 1.12 bits per heavy atom. The molecule has 0 bridgehead atoms. The molecule has 3 atom stereocenters. The van der Waals surface area contributed by atoms with E-state index in [1.165, 1.54) is 6.07 Å². The van der Waals surface area contributed by atoms with E-state index >= 15 is 0 Å². The fourth-order valence-corrected chi connectivity index (χ4v) is 5.43. The number of halogens is 2. The van der Waals surface area contributed by atoms with Crippen LogP contribution in [0.15, 0.2) is 23.0 Å². The molecule has 2 aromatic heterocycles. The summed E-state index contributed by atoms with van der Waals surface area (Å²) >= 11 is 5.99. The molecule has 6 rings (SSSR count). The molecule has 9 heteroatoms. The number of ether oxygens (including phenoxy) is 2. The van der Waals surface area contributed by atoms with Crippen LogP contribution in [0.2, 0.25) is 5.02 Å². The highest BCUT2D eigenvalue weighted by Gasteiger charge is 2.34. The zero-order chi connectivity index (χ0) is 22.5. The Morgan fingerprint density at radius 3 is 2.85 bits per heavy atom. The average Bonchev–Trinajstić information content (AvgIpc) is 3.52. The van der Waals surface area contributed by atoms with Gasteiger partial charge in [0, 0.05) is 48.6 Å². The topological polar surface area (TPSA) is 79.1 Å². The van der Waals surface area contributed by atoms with Crippen LogP contribution in [-0.4, -0.2) is 45.4 Å². The summed E-state index contributed by atoms with van der Waals surface area (Å²) in [5.74, 6) is 1.13. The van der Waals surface area contributed by atoms with Gasteiger partial charge in [0.25, 0.3) is 5.56 Å². The maximum absolute atomic E-state index is 15.0. The van der Waals surface area contributed by atoms with Crippen LogP contribution in [0, 0.1) is 11.7 Å². The highest BCUT2D eigenvalue weighted by atomic mass is 35.5. The van der Waals surface area contributed by atoms with Crippen LogP contribution < -0.4 is 5.56 Å². The number of rotatable bonds is 3. The van der Waals surface area contributed by atoms with Crippen molar-refractivity contribution in [3.05, 3.63) is 51.0 Å². The lowest BCUT2D eigenvalue weighted by Gasteiger charge is -2.32. The van der Waals surface area contributed by atoms with Gasteiger partial charge >= 0.3 is 0 Å². The molecule has 1 unspecified atom stereocenters. The van der Waals surface area contributed by atoms with Crippen LogP contribution in [0.25, 0.3) is 22.3 Å². The van der Waals surface area contributed by atoms with Crippen LogP contribution >= 0.6 is 11.6 Å². The third kappa shape index (κ3) is 3.74. The molecule has 0 radical (unpaired) electrons. The smallest absolute Gasteiger partial charge is 0.280 e. The highest BCUT2D eigenvalue weighted by Crippen LogP contribution is 2.36. The fraction of sp³-hybridized carbons (Fsp3) is 0.500. The molecule has 0 saturated carbocycles. The second-order valence-electron chi connectivity index (χ2n) is 9.09. The number of nitrogens with zero attached hydrogens (tertiary/aromatic N) is 4. The van der Waals surface area contributed by atoms with Gasteiger partial charge < -0.3 is 9.47 Å². The Labute approximate surface area is 194 Å². The van der Waals surface area contributed by atoms with Crippen molar-refractivity contribution in [2.75, 3.05) is 19.8 Å². The van der Waals surface area contributed by atoms with E-state index in [9.17, 15) is 9.18 Å². The molecular weight excluding hydrogens is 447 g/mol. The Hall–Kier alpha value is -2.42. The molecule has 1 aromatic carbocycles. The van der Waals surface area contributed by atoms with Crippen molar-refractivity contribution in [1.82, 2.24) is 19.5 Å². The van der Waals surface area contributed by atoms with E-state index in [1.54, 1.807) is 16.7 Å². The van der Waals surface area contributed by atoms with Gasteiger partial charge in [0.05, 0.1) is 12.7 Å². The zero-order valence-electron chi connectivity index (χ0n) is 18.1. The lowest BCUT2D eigenvalue weighted by Crippen LogP contribution is -2.32. The molecule has 0 amide bonds. The average molecular weight is 471 g/mol. The van der Waals surface area contributed by atoms with Gasteiger partial charge in [0.1, 0.15) is 28.7 Å². The maximum atomic E-state index is 15.0. The van der Waals surface area contributed by atoms with E-state index in [0.29, 0.717) is 60.0 Å². The number of fused-ring (bicyclic) bond motifs is 2. The van der Waals surface area contributed by atoms with Gasteiger partial charge in [-0.3, -0.25) is 9.36 Å². The molecule has 2 fully saturated rings. The molecule has 3 aliphatic rings. The third-order valence-corrected chi connectivity index (χ3v) is 7.28. The van der Waals surface area contributed by atoms with Crippen molar-refractivity contribution < 1.29 is 13.9 Å². The van der Waals surface area contributed by atoms with Gasteiger partial charge in [-0.2, -0.15) is 0 Å². The van der Waals surface area contributed by atoms with Gasteiger partial charge in [-0.05, 0) is 43.9 Å². The molecule has 7 nitrogen and oxygen atoms in total. The predicted octanol–water partition coefficient (Wildman–Crippen LogP) is 3.89. The second-order valence-corrected chi connectivity index (χ2v) is 9.53. The second kappa shape index (κ2) is 8.42. The molecule has 3 aromatic rings. The SMILES string of the molecule is O=c1c2nc([C@@H]3CCO[C@H](C4CCOC4)C3)nc(-c3ccc(Cl)cc3F)c2nc2n1CCC2. The molecule has 3 aliphatic heterocycles. The predicted molar refractivity (Wildman–Crippen MR) is 121 cm³/mol. The molecule has 2 saturated heterocycles. The summed E-state index contributed by atoms with van der Waals surface area (Å²) in [6.07, 6.45) is 4.11. The molecule has 5 heterocycles. The van der Waals surface area contributed by atoms with E-state index in [-0.39, 0.29) is 28.7 Å². The lowest BCUT2D eigenvalue weighted by atomic mass is 9.87. The van der Waals surface area contributed by atoms with E-state index in [1.807, 2.05) is 0 Å². The van der Waals surface area contributed by atoms with Gasteiger partial charge in [-0.1, -0.05) is 11.6 Å². The first kappa shape index (κ1) is 21.1. The number of benzene rings is 1. The van der Waals surface area contributed by atoms with Crippen LogP contribution in [-0.2, 0) is 22.4 Å². The van der Waals surface area contributed by atoms with Gasteiger partial charge in [-0.25, -0.2) is 19.3 Å². The van der Waals surface area contributed by atoms with Crippen molar-refractivity contribution in [2.24, 2.45) is 5.92 Å². The third-order valence-electron chi connectivity index (χ3n) is 7.04. The number of aromatic nitrogens is 4. The van der Waals surface area contributed by atoms with Gasteiger partial charge in [-0.15, -0.1) is 0 Å². The highest BCUT2D eigenvalue weighted by molar-refractivity contribution is 6.30. The van der Waals surface area contributed by atoms with Crippen molar-refractivity contribution in [3.63, 3.8) is 0 Å². The molecule has 0 aliphatic carbocycles. The largest absolute Gasteiger partial charge is 0.381 e. The first-order valence-corrected chi connectivity index (χ1v) is 11.9. The summed E-state index contributed by atoms with van der Waals surface area (Å²) in [5, 5.41) is 0.301. The van der Waals surface area contributed by atoms with E-state index in [2.05, 4.69) is 0 Å². The minimum absolute atomic E-state index is 0.0144. The van der Waals surface area contributed by atoms with E-state index in [0.717, 1.165) is 32.3 Å². The van der Waals surface area contributed by atoms with Crippen LogP contribution in [0.1, 0.15) is 43.3 Å². The Morgan fingerprint density at radius 2 is 2.03 bits per heavy atom. The normalized spacial score (nSPS) is 25.0. The summed E-state index contributed by atoms with van der Waals surface area (Å²) in [6, 6.07) is 4.48. The van der Waals surface area contributed by atoms with Crippen molar-refractivity contribution in [3.8, 4) is 11.3 Å². The first-order valence-electron chi connectivity index (χ1n) is 11.5. The zero-order valence-corrected chi connectivity index (χ0v) is 18.9. The lowest BCUT2D eigenvalue weighted by molar-refractivity contribution is -0.0315. The summed E-state index contributed by atoms with van der Waals surface area (Å²) < 4.78 is 28.3. The van der Waals surface area contributed by atoms with E-state index in [4.69, 9.17) is 36.0 Å². The van der Waals surface area contributed by atoms with Crippen molar-refractivity contribution in [2.45, 2.75) is 50.7 Å². The van der Waals surface area contributed by atoms with Crippen molar-refractivity contribution in [1.29, 1.82) is 0 Å².